The van der Waals surface area contributed by atoms with Gasteiger partial charge in [-0.25, -0.2) is 0 Å². The minimum Gasteiger partial charge on any atom is -0.507 e. The predicted octanol–water partition coefficient (Wildman–Crippen LogP) is 0.994. The van der Waals surface area contributed by atoms with E-state index < -0.39 is 12.2 Å². The van der Waals surface area contributed by atoms with Gasteiger partial charge < -0.3 is 15.3 Å². The van der Waals surface area contributed by atoms with Crippen LogP contribution in [0.25, 0.3) is 0 Å². The Morgan fingerprint density at radius 2 is 2.07 bits per heavy atom. The molecule has 2 unspecified atom stereocenters. The van der Waals surface area contributed by atoms with Crippen LogP contribution in [0, 0.1) is 0 Å². The van der Waals surface area contributed by atoms with Gasteiger partial charge in [-0.3, -0.25) is 4.79 Å². The molecule has 1 rings (SSSR count). The molecule has 0 bridgehead atoms. The highest BCUT2D eigenvalue weighted by molar-refractivity contribution is 9.09. The van der Waals surface area contributed by atoms with Crippen molar-refractivity contribution < 1.29 is 20.1 Å². The lowest BCUT2D eigenvalue weighted by molar-refractivity contribution is 0.0341. The van der Waals surface area contributed by atoms with Crippen molar-refractivity contribution in [2.75, 3.05) is 5.33 Å². The lowest BCUT2D eigenvalue weighted by Gasteiger charge is -2.16. The van der Waals surface area contributed by atoms with Crippen LogP contribution in [0.15, 0.2) is 18.2 Å². The molecule has 4 nitrogen and oxygen atoms in total. The number of phenolic OH excluding ortho intramolecular Hbond substituents is 1. The van der Waals surface area contributed by atoms with Gasteiger partial charge >= 0.3 is 0 Å². The van der Waals surface area contributed by atoms with Crippen LogP contribution in [-0.4, -0.2) is 33.0 Å². The van der Waals surface area contributed by atoms with Crippen LogP contribution in [0.4, 0.5) is 0 Å². The van der Waals surface area contributed by atoms with Crippen LogP contribution in [-0.2, 0) is 0 Å². The van der Waals surface area contributed by atoms with Crippen molar-refractivity contribution in [3.05, 3.63) is 29.3 Å². The van der Waals surface area contributed by atoms with E-state index in [0.717, 1.165) is 0 Å². The molecular formula is C10H11BrO4. The molecule has 0 saturated heterocycles. The van der Waals surface area contributed by atoms with Crippen molar-refractivity contribution in [2.45, 2.75) is 12.2 Å². The largest absolute Gasteiger partial charge is 0.507 e. The van der Waals surface area contributed by atoms with Gasteiger partial charge in [0.25, 0.3) is 0 Å². The number of aldehydes is 1. The smallest absolute Gasteiger partial charge is 0.153 e. The third-order valence-corrected chi connectivity index (χ3v) is 2.71. The fourth-order valence-electron chi connectivity index (χ4n) is 1.15. The van der Waals surface area contributed by atoms with Gasteiger partial charge in [0.2, 0.25) is 0 Å². The van der Waals surface area contributed by atoms with Crippen LogP contribution in [0.5, 0.6) is 5.75 Å². The zero-order valence-corrected chi connectivity index (χ0v) is 9.39. The highest BCUT2D eigenvalue weighted by Gasteiger charge is 2.18. The standard InChI is InChI=1S/C10H11BrO4/c11-4-9(14)10(15)6-1-2-7(5-12)8(13)3-6/h1-3,5,9-10,13-15H,4H2. The predicted molar refractivity (Wildman–Crippen MR) is 58.3 cm³/mol. The summed E-state index contributed by atoms with van der Waals surface area (Å²) in [5.74, 6) is -0.205. The van der Waals surface area contributed by atoms with Gasteiger partial charge in [0.15, 0.2) is 6.29 Å². The molecule has 1 aromatic rings. The Bertz CT molecular complexity index is 353. The molecule has 0 saturated carbocycles. The van der Waals surface area contributed by atoms with Gasteiger partial charge in [-0.15, -0.1) is 0 Å². The summed E-state index contributed by atoms with van der Waals surface area (Å²) < 4.78 is 0. The van der Waals surface area contributed by atoms with E-state index in [0.29, 0.717) is 11.8 Å². The molecule has 0 aliphatic heterocycles. The minimum atomic E-state index is -1.09. The number of carbonyl (C=O) groups is 1. The van der Waals surface area contributed by atoms with Gasteiger partial charge in [0.05, 0.1) is 11.7 Å². The number of halogens is 1. The molecule has 0 heterocycles. The first-order valence-corrected chi connectivity index (χ1v) is 5.42. The second-order valence-corrected chi connectivity index (χ2v) is 3.75. The summed E-state index contributed by atoms with van der Waals surface area (Å²) in [6, 6.07) is 4.14. The van der Waals surface area contributed by atoms with E-state index in [9.17, 15) is 20.1 Å². The van der Waals surface area contributed by atoms with Crippen molar-refractivity contribution in [1.29, 1.82) is 0 Å². The molecule has 0 radical (unpaired) electrons. The Labute approximate surface area is 95.3 Å². The molecule has 0 aromatic heterocycles. The SMILES string of the molecule is O=Cc1ccc(C(O)C(O)CBr)cc1O. The minimum absolute atomic E-state index is 0.152. The molecule has 82 valence electrons. The van der Waals surface area contributed by atoms with Gasteiger partial charge in [-0.2, -0.15) is 0 Å². The molecule has 0 aliphatic rings. The first-order chi connectivity index (χ1) is 7.10. The summed E-state index contributed by atoms with van der Waals surface area (Å²) in [6.07, 6.45) is -1.52. The molecule has 5 heteroatoms. The van der Waals surface area contributed by atoms with E-state index in [2.05, 4.69) is 15.9 Å². The van der Waals surface area contributed by atoms with Crippen molar-refractivity contribution in [3.8, 4) is 5.75 Å². The zero-order valence-electron chi connectivity index (χ0n) is 7.80. The summed E-state index contributed by atoms with van der Waals surface area (Å²) in [5.41, 5.74) is 0.518. The second-order valence-electron chi connectivity index (χ2n) is 3.10. The molecule has 1 aromatic carbocycles. The molecule has 2 atom stereocenters. The highest BCUT2D eigenvalue weighted by Crippen LogP contribution is 2.24. The number of benzene rings is 1. The molecule has 0 fully saturated rings. The van der Waals surface area contributed by atoms with E-state index >= 15 is 0 Å². The molecule has 0 amide bonds. The molecular weight excluding hydrogens is 264 g/mol. The zero-order chi connectivity index (χ0) is 11.4. The summed E-state index contributed by atoms with van der Waals surface area (Å²) >= 11 is 3.03. The molecule has 0 spiro atoms. The Hall–Kier alpha value is -0.910. The maximum Gasteiger partial charge on any atom is 0.153 e. The number of aromatic hydroxyl groups is 1. The lowest BCUT2D eigenvalue weighted by atomic mass is 10.0. The number of hydrogen-bond donors (Lipinski definition) is 3. The van der Waals surface area contributed by atoms with E-state index in [1.54, 1.807) is 0 Å². The van der Waals surface area contributed by atoms with Crippen molar-refractivity contribution in [3.63, 3.8) is 0 Å². The number of alkyl halides is 1. The summed E-state index contributed by atoms with van der Waals surface area (Å²) in [7, 11) is 0. The Morgan fingerprint density at radius 1 is 1.40 bits per heavy atom. The topological polar surface area (TPSA) is 77.8 Å². The quantitative estimate of drug-likeness (QED) is 0.565. The maximum atomic E-state index is 10.4. The van der Waals surface area contributed by atoms with Crippen molar-refractivity contribution in [2.24, 2.45) is 0 Å². The van der Waals surface area contributed by atoms with Crippen molar-refractivity contribution in [1.82, 2.24) is 0 Å². The van der Waals surface area contributed by atoms with Crippen molar-refractivity contribution >= 4 is 22.2 Å². The molecule has 15 heavy (non-hydrogen) atoms. The van der Waals surface area contributed by atoms with E-state index in [1.807, 2.05) is 0 Å². The normalized spacial score (nSPS) is 14.6. The Morgan fingerprint density at radius 3 is 2.53 bits per heavy atom. The number of aliphatic hydroxyl groups is 2. The number of aliphatic hydroxyl groups excluding tert-OH is 2. The van der Waals surface area contributed by atoms with E-state index in [4.69, 9.17) is 0 Å². The third kappa shape index (κ3) is 2.77. The fourth-order valence-corrected chi connectivity index (χ4v) is 1.50. The van der Waals surface area contributed by atoms with Crippen LogP contribution >= 0.6 is 15.9 Å². The molecule has 3 N–H and O–H groups in total. The van der Waals surface area contributed by atoms with Crippen LogP contribution in [0.1, 0.15) is 22.0 Å². The monoisotopic (exact) mass is 274 g/mol. The summed E-state index contributed by atoms with van der Waals surface area (Å²) in [4.78, 5) is 10.4. The lowest BCUT2D eigenvalue weighted by Crippen LogP contribution is -2.19. The van der Waals surface area contributed by atoms with Gasteiger partial charge in [0, 0.05) is 5.33 Å². The van der Waals surface area contributed by atoms with Gasteiger partial charge in [-0.05, 0) is 17.7 Å². The average molecular weight is 275 g/mol. The number of phenols is 1. The first kappa shape index (κ1) is 12.2. The van der Waals surface area contributed by atoms with Crippen LogP contribution < -0.4 is 0 Å². The van der Waals surface area contributed by atoms with Gasteiger partial charge in [0.1, 0.15) is 11.9 Å². The maximum absolute atomic E-state index is 10.4. The van der Waals surface area contributed by atoms with Crippen LogP contribution in [0.3, 0.4) is 0 Å². The Kier molecular flexibility index (Phi) is 4.26. The number of hydrogen-bond acceptors (Lipinski definition) is 4. The highest BCUT2D eigenvalue weighted by atomic mass is 79.9. The van der Waals surface area contributed by atoms with Gasteiger partial charge in [-0.1, -0.05) is 22.0 Å². The second kappa shape index (κ2) is 5.25. The summed E-state index contributed by atoms with van der Waals surface area (Å²) in [6.45, 7) is 0. The van der Waals surface area contributed by atoms with E-state index in [1.165, 1.54) is 18.2 Å². The summed E-state index contributed by atoms with van der Waals surface area (Å²) in [5, 5.41) is 28.5. The van der Waals surface area contributed by atoms with E-state index in [-0.39, 0.29) is 16.6 Å². The third-order valence-electron chi connectivity index (χ3n) is 2.05. The first-order valence-electron chi connectivity index (χ1n) is 4.30. The average Bonchev–Trinajstić information content (AvgIpc) is 2.26. The Balaban J connectivity index is 2.96. The molecule has 0 aliphatic carbocycles. The van der Waals surface area contributed by atoms with Crippen LogP contribution in [0.2, 0.25) is 0 Å². The fraction of sp³-hybridized carbons (Fsp3) is 0.300. The number of rotatable bonds is 4. The number of carbonyl (C=O) groups excluding carboxylic acids is 1.